The Morgan fingerprint density at radius 1 is 1.42 bits per heavy atom. The molecular formula is C18H22ClN3O2. The van der Waals surface area contributed by atoms with E-state index in [0.29, 0.717) is 30.3 Å². The lowest BCUT2D eigenvalue weighted by Crippen LogP contribution is -2.35. The van der Waals surface area contributed by atoms with Crippen LogP contribution in [0.3, 0.4) is 0 Å². The largest absolute Gasteiger partial charge is 0.495 e. The van der Waals surface area contributed by atoms with Gasteiger partial charge in [0.05, 0.1) is 17.8 Å². The average molecular weight is 348 g/mol. The summed E-state index contributed by atoms with van der Waals surface area (Å²) in [6.07, 6.45) is 0.706. The molecule has 5 nitrogen and oxygen atoms in total. The van der Waals surface area contributed by atoms with Gasteiger partial charge in [0.15, 0.2) is 0 Å². The first kappa shape index (κ1) is 17.0. The molecular weight excluding hydrogens is 326 g/mol. The van der Waals surface area contributed by atoms with Crippen LogP contribution in [0.4, 0.5) is 0 Å². The van der Waals surface area contributed by atoms with Gasteiger partial charge in [-0.1, -0.05) is 37.6 Å². The molecule has 1 aromatic carbocycles. The Hall–Kier alpha value is -1.85. The summed E-state index contributed by atoms with van der Waals surface area (Å²) < 4.78 is 5.28. The Balaban J connectivity index is 1.84. The van der Waals surface area contributed by atoms with E-state index in [1.807, 2.05) is 32.0 Å². The number of hydrogen-bond acceptors (Lipinski definition) is 4. The molecule has 0 bridgehead atoms. The Labute approximate surface area is 146 Å². The molecule has 0 amide bonds. The summed E-state index contributed by atoms with van der Waals surface area (Å²) in [5, 5.41) is 0.646. The number of H-pyrrole nitrogens is 1. The molecule has 0 unspecified atom stereocenters. The van der Waals surface area contributed by atoms with Crippen LogP contribution in [0.2, 0.25) is 5.02 Å². The van der Waals surface area contributed by atoms with Gasteiger partial charge in [0.1, 0.15) is 11.6 Å². The van der Waals surface area contributed by atoms with E-state index in [4.69, 9.17) is 16.3 Å². The van der Waals surface area contributed by atoms with Crippen LogP contribution in [-0.4, -0.2) is 28.5 Å². The molecule has 0 fully saturated rings. The molecule has 2 heterocycles. The van der Waals surface area contributed by atoms with Gasteiger partial charge in [-0.3, -0.25) is 9.69 Å². The third kappa shape index (κ3) is 3.32. The first-order valence-corrected chi connectivity index (χ1v) is 8.53. The molecule has 6 heteroatoms. The number of benzene rings is 1. The number of halogens is 1. The number of aromatic nitrogens is 2. The highest BCUT2D eigenvalue weighted by molar-refractivity contribution is 6.32. The second kappa shape index (κ2) is 6.95. The van der Waals surface area contributed by atoms with Crippen molar-refractivity contribution in [2.45, 2.75) is 39.3 Å². The van der Waals surface area contributed by atoms with Crippen molar-refractivity contribution in [1.82, 2.24) is 14.9 Å². The van der Waals surface area contributed by atoms with Gasteiger partial charge in [0.25, 0.3) is 5.56 Å². The first-order valence-electron chi connectivity index (χ1n) is 8.15. The van der Waals surface area contributed by atoms with Gasteiger partial charge in [-0.05, 0) is 18.1 Å². The summed E-state index contributed by atoms with van der Waals surface area (Å²) in [5.74, 6) is 1.63. The molecule has 0 saturated carbocycles. The van der Waals surface area contributed by atoms with Crippen molar-refractivity contribution in [1.29, 1.82) is 0 Å². The number of nitrogens with one attached hydrogen (secondary N) is 1. The molecule has 128 valence electrons. The van der Waals surface area contributed by atoms with E-state index < -0.39 is 0 Å². The summed E-state index contributed by atoms with van der Waals surface area (Å²) in [5.41, 5.74) is 2.72. The van der Waals surface area contributed by atoms with Gasteiger partial charge in [0, 0.05) is 31.1 Å². The van der Waals surface area contributed by atoms with Gasteiger partial charge >= 0.3 is 0 Å². The van der Waals surface area contributed by atoms with Gasteiger partial charge in [0.2, 0.25) is 0 Å². The number of hydrogen-bond donors (Lipinski definition) is 1. The number of fused-ring (bicyclic) bond motifs is 1. The Kier molecular flexibility index (Phi) is 4.92. The molecule has 0 spiro atoms. The van der Waals surface area contributed by atoms with Crippen molar-refractivity contribution in [3.05, 3.63) is 56.2 Å². The molecule has 1 N–H and O–H groups in total. The molecule has 24 heavy (non-hydrogen) atoms. The highest BCUT2D eigenvalue weighted by atomic mass is 35.5. The van der Waals surface area contributed by atoms with Crippen LogP contribution in [-0.2, 0) is 19.5 Å². The van der Waals surface area contributed by atoms with Crippen LogP contribution < -0.4 is 10.3 Å². The lowest BCUT2D eigenvalue weighted by atomic mass is 10.0. The maximum Gasteiger partial charge on any atom is 0.254 e. The van der Waals surface area contributed by atoms with Crippen LogP contribution in [0.5, 0.6) is 5.75 Å². The number of rotatable bonds is 4. The maximum absolute atomic E-state index is 12.2. The smallest absolute Gasteiger partial charge is 0.254 e. The third-order valence-electron chi connectivity index (χ3n) is 4.37. The lowest BCUT2D eigenvalue weighted by molar-refractivity contribution is 0.239. The molecule has 0 aliphatic carbocycles. The fourth-order valence-electron chi connectivity index (χ4n) is 3.00. The number of methoxy groups -OCH3 is 1. The molecule has 0 radical (unpaired) electrons. The van der Waals surface area contributed by atoms with E-state index in [2.05, 4.69) is 14.9 Å². The molecule has 1 aromatic heterocycles. The summed E-state index contributed by atoms with van der Waals surface area (Å²) in [6.45, 7) is 6.24. The molecule has 2 aromatic rings. The molecule has 0 saturated heterocycles. The minimum absolute atomic E-state index is 0.00256. The van der Waals surface area contributed by atoms with E-state index in [1.165, 1.54) is 0 Å². The van der Waals surface area contributed by atoms with Crippen LogP contribution in [0.25, 0.3) is 0 Å². The topological polar surface area (TPSA) is 58.2 Å². The fourth-order valence-corrected chi connectivity index (χ4v) is 3.26. The molecule has 1 aliphatic heterocycles. The molecule has 3 rings (SSSR count). The standard InChI is InChI=1S/C18H22ClN3O2/c1-11(2)17-20-14-10-22(8-7-13(14)18(23)21-17)9-12-5-4-6-15(24-3)16(12)19/h4-6,11H,7-10H2,1-3H3,(H,20,21,23). The quantitative estimate of drug-likeness (QED) is 0.923. The van der Waals surface area contributed by atoms with E-state index in [9.17, 15) is 4.79 Å². The number of nitrogens with zero attached hydrogens (tertiary/aromatic N) is 2. The summed E-state index contributed by atoms with van der Waals surface area (Å²) in [4.78, 5) is 22.1. The number of aromatic amines is 1. The zero-order chi connectivity index (χ0) is 17.3. The van der Waals surface area contributed by atoms with E-state index in [0.717, 1.165) is 29.2 Å². The third-order valence-corrected chi connectivity index (χ3v) is 4.80. The Bertz CT molecular complexity index is 801. The SMILES string of the molecule is COc1cccc(CN2CCc3c(nc(C(C)C)[nH]c3=O)C2)c1Cl. The normalized spacial score (nSPS) is 14.7. The fraction of sp³-hybridized carbons (Fsp3) is 0.444. The minimum Gasteiger partial charge on any atom is -0.495 e. The highest BCUT2D eigenvalue weighted by Crippen LogP contribution is 2.29. The predicted molar refractivity (Wildman–Crippen MR) is 94.8 cm³/mol. The average Bonchev–Trinajstić information content (AvgIpc) is 2.56. The van der Waals surface area contributed by atoms with Crippen LogP contribution in [0, 0.1) is 0 Å². The zero-order valence-corrected chi connectivity index (χ0v) is 15.0. The van der Waals surface area contributed by atoms with Crippen molar-refractivity contribution in [3.63, 3.8) is 0 Å². The van der Waals surface area contributed by atoms with Crippen LogP contribution >= 0.6 is 11.6 Å². The Morgan fingerprint density at radius 3 is 2.92 bits per heavy atom. The van der Waals surface area contributed by atoms with Crippen molar-refractivity contribution in [2.24, 2.45) is 0 Å². The van der Waals surface area contributed by atoms with Crippen molar-refractivity contribution < 1.29 is 4.74 Å². The van der Waals surface area contributed by atoms with Crippen LogP contribution in [0.1, 0.15) is 42.4 Å². The molecule has 1 aliphatic rings. The highest BCUT2D eigenvalue weighted by Gasteiger charge is 2.22. The lowest BCUT2D eigenvalue weighted by Gasteiger charge is -2.28. The summed E-state index contributed by atoms with van der Waals surface area (Å²) in [7, 11) is 1.62. The van der Waals surface area contributed by atoms with Gasteiger partial charge < -0.3 is 9.72 Å². The van der Waals surface area contributed by atoms with Gasteiger partial charge in [-0.15, -0.1) is 0 Å². The molecule has 0 atom stereocenters. The Morgan fingerprint density at radius 2 is 2.21 bits per heavy atom. The van der Waals surface area contributed by atoms with Gasteiger partial charge in [-0.25, -0.2) is 4.98 Å². The predicted octanol–water partition coefficient (Wildman–Crippen LogP) is 3.11. The van der Waals surface area contributed by atoms with E-state index >= 15 is 0 Å². The zero-order valence-electron chi connectivity index (χ0n) is 14.2. The second-order valence-electron chi connectivity index (χ2n) is 6.43. The monoisotopic (exact) mass is 347 g/mol. The van der Waals surface area contributed by atoms with Crippen molar-refractivity contribution >= 4 is 11.6 Å². The maximum atomic E-state index is 12.2. The van der Waals surface area contributed by atoms with Gasteiger partial charge in [-0.2, -0.15) is 0 Å². The number of ether oxygens (including phenoxy) is 1. The van der Waals surface area contributed by atoms with Crippen LogP contribution in [0.15, 0.2) is 23.0 Å². The van der Waals surface area contributed by atoms with E-state index in [-0.39, 0.29) is 11.5 Å². The van der Waals surface area contributed by atoms with Crippen molar-refractivity contribution in [2.75, 3.05) is 13.7 Å². The second-order valence-corrected chi connectivity index (χ2v) is 6.80. The minimum atomic E-state index is 0.00256. The van der Waals surface area contributed by atoms with E-state index in [1.54, 1.807) is 7.11 Å². The van der Waals surface area contributed by atoms with Crippen molar-refractivity contribution in [3.8, 4) is 5.75 Å². The first-order chi connectivity index (χ1) is 11.5. The summed E-state index contributed by atoms with van der Waals surface area (Å²) >= 11 is 6.40. The summed E-state index contributed by atoms with van der Waals surface area (Å²) in [6, 6.07) is 5.80.